The van der Waals surface area contributed by atoms with Crippen LogP contribution < -0.4 is 19.6 Å². The number of benzene rings is 3. The fraction of sp³-hybridized carbons (Fsp3) is 0.214. The molecule has 10 heteroatoms. The van der Waals surface area contributed by atoms with Crippen LogP contribution in [0.15, 0.2) is 70.9 Å². The standard InChI is InChI=1S/C28H29N5O4S/c1-18-6-10-20(11-7-18)27-31-32-28(33(27)22-12-8-19(2)9-13-22)38-17-26(34)30-29-16-21-14-24(36-4)25(37-5)15-23(21)35-3/h6-16H,17H2,1-5H3,(H,30,34). The first kappa shape index (κ1) is 26.7. The summed E-state index contributed by atoms with van der Waals surface area (Å²) in [6.45, 7) is 4.08. The van der Waals surface area contributed by atoms with Gasteiger partial charge in [0.05, 0.1) is 33.3 Å². The van der Waals surface area contributed by atoms with Crippen LogP contribution in [0.4, 0.5) is 0 Å². The third kappa shape index (κ3) is 6.15. The second kappa shape index (κ2) is 12.3. The third-order valence-electron chi connectivity index (χ3n) is 5.70. The van der Waals surface area contributed by atoms with Crippen LogP contribution in [-0.2, 0) is 4.79 Å². The fourth-order valence-corrected chi connectivity index (χ4v) is 4.41. The zero-order valence-corrected chi connectivity index (χ0v) is 22.7. The van der Waals surface area contributed by atoms with Crippen molar-refractivity contribution in [2.45, 2.75) is 19.0 Å². The number of rotatable bonds is 10. The summed E-state index contributed by atoms with van der Waals surface area (Å²) >= 11 is 1.28. The lowest BCUT2D eigenvalue weighted by Crippen LogP contribution is -2.20. The predicted molar refractivity (Wildman–Crippen MR) is 149 cm³/mol. The molecule has 0 bridgehead atoms. The highest BCUT2D eigenvalue weighted by Crippen LogP contribution is 2.34. The first-order chi connectivity index (χ1) is 18.4. The zero-order chi connectivity index (χ0) is 27.1. The maximum Gasteiger partial charge on any atom is 0.250 e. The molecule has 0 fully saturated rings. The first-order valence-electron chi connectivity index (χ1n) is 11.8. The van der Waals surface area contributed by atoms with Crippen molar-refractivity contribution in [2.75, 3.05) is 27.1 Å². The molecule has 1 N–H and O–H groups in total. The fourth-order valence-electron chi connectivity index (χ4n) is 3.67. The number of aromatic nitrogens is 3. The molecule has 0 unspecified atom stereocenters. The third-order valence-corrected chi connectivity index (χ3v) is 6.63. The quantitative estimate of drug-likeness (QED) is 0.178. The van der Waals surface area contributed by atoms with Gasteiger partial charge in [-0.05, 0) is 32.0 Å². The van der Waals surface area contributed by atoms with E-state index < -0.39 is 0 Å². The number of amides is 1. The van der Waals surface area contributed by atoms with E-state index in [-0.39, 0.29) is 11.7 Å². The van der Waals surface area contributed by atoms with E-state index in [1.807, 2.05) is 66.9 Å². The highest BCUT2D eigenvalue weighted by atomic mass is 32.2. The van der Waals surface area contributed by atoms with Gasteiger partial charge in [0, 0.05) is 22.9 Å². The summed E-state index contributed by atoms with van der Waals surface area (Å²) in [6, 6.07) is 19.6. The molecule has 1 aromatic heterocycles. The average molecular weight is 532 g/mol. The molecular formula is C28H29N5O4S. The number of hydrazone groups is 1. The zero-order valence-electron chi connectivity index (χ0n) is 21.9. The Morgan fingerprint density at radius 1 is 0.895 bits per heavy atom. The van der Waals surface area contributed by atoms with Gasteiger partial charge < -0.3 is 14.2 Å². The first-order valence-corrected chi connectivity index (χ1v) is 12.8. The molecule has 0 radical (unpaired) electrons. The van der Waals surface area contributed by atoms with Crippen LogP contribution in [0.25, 0.3) is 17.1 Å². The summed E-state index contributed by atoms with van der Waals surface area (Å²) in [7, 11) is 4.64. The van der Waals surface area contributed by atoms with E-state index >= 15 is 0 Å². The molecule has 9 nitrogen and oxygen atoms in total. The maximum absolute atomic E-state index is 12.6. The second-order valence-electron chi connectivity index (χ2n) is 8.37. The lowest BCUT2D eigenvalue weighted by molar-refractivity contribution is -0.118. The van der Waals surface area contributed by atoms with Gasteiger partial charge in [-0.1, -0.05) is 59.3 Å². The molecule has 0 aliphatic rings. The van der Waals surface area contributed by atoms with Crippen LogP contribution in [0, 0.1) is 13.8 Å². The van der Waals surface area contributed by atoms with Crippen LogP contribution in [-0.4, -0.2) is 54.0 Å². The Hall–Kier alpha value is -4.31. The van der Waals surface area contributed by atoms with E-state index in [2.05, 4.69) is 20.7 Å². The number of thioether (sulfide) groups is 1. The Balaban J connectivity index is 1.50. The molecule has 38 heavy (non-hydrogen) atoms. The lowest BCUT2D eigenvalue weighted by atomic mass is 10.1. The van der Waals surface area contributed by atoms with Crippen molar-refractivity contribution < 1.29 is 19.0 Å². The van der Waals surface area contributed by atoms with Crippen molar-refractivity contribution in [3.63, 3.8) is 0 Å². The number of methoxy groups -OCH3 is 3. The molecule has 3 aromatic carbocycles. The second-order valence-corrected chi connectivity index (χ2v) is 9.32. The van der Waals surface area contributed by atoms with Crippen molar-refractivity contribution in [3.05, 3.63) is 77.4 Å². The minimum atomic E-state index is -0.291. The van der Waals surface area contributed by atoms with Crippen molar-refractivity contribution in [1.29, 1.82) is 0 Å². The molecule has 4 aromatic rings. The number of aryl methyl sites for hydroxylation is 2. The molecule has 0 saturated carbocycles. The predicted octanol–water partition coefficient (Wildman–Crippen LogP) is 4.82. The Kier molecular flexibility index (Phi) is 8.65. The van der Waals surface area contributed by atoms with E-state index in [0.29, 0.717) is 33.8 Å². The van der Waals surface area contributed by atoms with Crippen molar-refractivity contribution in [1.82, 2.24) is 20.2 Å². The minimum absolute atomic E-state index is 0.0955. The van der Waals surface area contributed by atoms with Gasteiger partial charge in [-0.25, -0.2) is 5.43 Å². The molecule has 4 rings (SSSR count). The van der Waals surface area contributed by atoms with E-state index in [0.717, 1.165) is 22.4 Å². The van der Waals surface area contributed by atoms with Gasteiger partial charge in [0.2, 0.25) is 0 Å². The van der Waals surface area contributed by atoms with Gasteiger partial charge >= 0.3 is 0 Å². The van der Waals surface area contributed by atoms with Gasteiger partial charge in [-0.15, -0.1) is 10.2 Å². The Bertz CT molecular complexity index is 1430. The number of nitrogens with zero attached hydrogens (tertiary/aromatic N) is 4. The number of carbonyl (C=O) groups excluding carboxylic acids is 1. The molecule has 0 atom stereocenters. The van der Waals surface area contributed by atoms with Crippen molar-refractivity contribution in [2.24, 2.45) is 5.10 Å². The molecule has 1 heterocycles. The molecule has 1 amide bonds. The van der Waals surface area contributed by atoms with Gasteiger partial charge in [-0.3, -0.25) is 9.36 Å². The maximum atomic E-state index is 12.6. The smallest absolute Gasteiger partial charge is 0.250 e. The minimum Gasteiger partial charge on any atom is -0.496 e. The van der Waals surface area contributed by atoms with Crippen LogP contribution >= 0.6 is 11.8 Å². The number of hydrogen-bond acceptors (Lipinski definition) is 8. The van der Waals surface area contributed by atoms with Crippen LogP contribution in [0.1, 0.15) is 16.7 Å². The molecule has 196 valence electrons. The van der Waals surface area contributed by atoms with Gasteiger partial charge in [0.25, 0.3) is 5.91 Å². The molecule has 0 saturated heterocycles. The number of carbonyl (C=O) groups is 1. The normalized spacial score (nSPS) is 11.0. The van der Waals surface area contributed by atoms with Crippen LogP contribution in [0.3, 0.4) is 0 Å². The van der Waals surface area contributed by atoms with E-state index in [1.165, 1.54) is 18.0 Å². The van der Waals surface area contributed by atoms with E-state index in [1.54, 1.807) is 33.5 Å². The van der Waals surface area contributed by atoms with Crippen molar-refractivity contribution in [3.8, 4) is 34.3 Å². The van der Waals surface area contributed by atoms with Crippen LogP contribution in [0.2, 0.25) is 0 Å². The molecule has 0 aliphatic heterocycles. The topological polar surface area (TPSA) is 99.9 Å². The SMILES string of the molecule is COc1cc(OC)c(OC)cc1C=NNC(=O)CSc1nnc(-c2ccc(C)cc2)n1-c1ccc(C)cc1. The number of ether oxygens (including phenoxy) is 3. The molecule has 0 aliphatic carbocycles. The summed E-state index contributed by atoms with van der Waals surface area (Å²) in [4.78, 5) is 12.6. The number of hydrogen-bond donors (Lipinski definition) is 1. The van der Waals surface area contributed by atoms with Crippen molar-refractivity contribution >= 4 is 23.9 Å². The Morgan fingerprint density at radius 3 is 2.13 bits per heavy atom. The largest absolute Gasteiger partial charge is 0.496 e. The van der Waals surface area contributed by atoms with Gasteiger partial charge in [-0.2, -0.15) is 5.10 Å². The average Bonchev–Trinajstić information content (AvgIpc) is 3.36. The Labute approximate surface area is 225 Å². The Morgan fingerprint density at radius 2 is 1.50 bits per heavy atom. The monoisotopic (exact) mass is 531 g/mol. The molecule has 0 spiro atoms. The highest BCUT2D eigenvalue weighted by Gasteiger charge is 2.17. The van der Waals surface area contributed by atoms with Crippen LogP contribution in [0.5, 0.6) is 17.2 Å². The summed E-state index contributed by atoms with van der Waals surface area (Å²) < 4.78 is 18.0. The summed E-state index contributed by atoms with van der Waals surface area (Å²) in [6.07, 6.45) is 1.49. The van der Waals surface area contributed by atoms with E-state index in [4.69, 9.17) is 14.2 Å². The molecular weight excluding hydrogens is 502 g/mol. The summed E-state index contributed by atoms with van der Waals surface area (Å²) in [5, 5.41) is 13.5. The highest BCUT2D eigenvalue weighted by molar-refractivity contribution is 7.99. The number of nitrogens with one attached hydrogen (secondary N) is 1. The summed E-state index contributed by atoms with van der Waals surface area (Å²) in [5.74, 6) is 2.10. The van der Waals surface area contributed by atoms with Gasteiger partial charge in [0.1, 0.15) is 5.75 Å². The van der Waals surface area contributed by atoms with Gasteiger partial charge in [0.15, 0.2) is 22.5 Å². The summed E-state index contributed by atoms with van der Waals surface area (Å²) in [5.41, 5.74) is 7.34. The van der Waals surface area contributed by atoms with E-state index in [9.17, 15) is 4.79 Å². The lowest BCUT2D eigenvalue weighted by Gasteiger charge is -2.12.